The van der Waals surface area contributed by atoms with Crippen molar-refractivity contribution >= 4 is 26.0 Å². The SMILES string of the molecule is Nc1nnc(COc2ccc3c(c2)N3P=O)o1. The summed E-state index contributed by atoms with van der Waals surface area (Å²) in [5.41, 5.74) is 7.11. The Bertz CT molecular complexity index is 585. The summed E-state index contributed by atoms with van der Waals surface area (Å²) >= 11 is 0. The predicted octanol–water partition coefficient (Wildman–Crippen LogP) is 1.89. The molecule has 2 aromatic rings. The van der Waals surface area contributed by atoms with Gasteiger partial charge in [0.1, 0.15) is 5.75 Å². The molecule has 2 N–H and O–H groups in total. The molecule has 1 aliphatic heterocycles. The molecule has 0 fully saturated rings. The van der Waals surface area contributed by atoms with E-state index in [1.54, 1.807) is 16.8 Å². The minimum Gasteiger partial charge on any atom is -0.484 e. The number of fused-ring (bicyclic) bond motifs is 1. The first-order valence-corrected chi connectivity index (χ1v) is 5.52. The summed E-state index contributed by atoms with van der Waals surface area (Å²) in [5, 5.41) is 7.18. The van der Waals surface area contributed by atoms with Gasteiger partial charge in [-0.3, -0.25) is 4.67 Å². The molecule has 86 valence electrons. The van der Waals surface area contributed by atoms with E-state index < -0.39 is 0 Å². The smallest absolute Gasteiger partial charge is 0.312 e. The molecule has 1 aromatic carbocycles. The fourth-order valence-corrected chi connectivity index (χ4v) is 1.93. The van der Waals surface area contributed by atoms with E-state index >= 15 is 0 Å². The van der Waals surface area contributed by atoms with Gasteiger partial charge in [-0.25, -0.2) is 4.57 Å². The summed E-state index contributed by atoms with van der Waals surface area (Å²) in [4.78, 5) is 0. The monoisotopic (exact) mass is 250 g/mol. The quantitative estimate of drug-likeness (QED) is 0.653. The van der Waals surface area contributed by atoms with Gasteiger partial charge in [-0.05, 0) is 12.1 Å². The van der Waals surface area contributed by atoms with Gasteiger partial charge in [0.15, 0.2) is 6.61 Å². The van der Waals surface area contributed by atoms with Crippen LogP contribution in [0.1, 0.15) is 5.89 Å². The molecule has 1 aliphatic rings. The van der Waals surface area contributed by atoms with E-state index in [0.29, 0.717) is 11.6 Å². The van der Waals surface area contributed by atoms with Gasteiger partial charge in [0.05, 0.1) is 11.4 Å². The molecule has 2 heterocycles. The Hall–Kier alpha value is -2.14. The first-order valence-electron chi connectivity index (χ1n) is 4.76. The zero-order chi connectivity index (χ0) is 11.8. The van der Waals surface area contributed by atoms with Crippen molar-refractivity contribution in [1.82, 2.24) is 10.2 Å². The van der Waals surface area contributed by atoms with E-state index in [1.807, 2.05) is 6.07 Å². The van der Waals surface area contributed by atoms with Crippen LogP contribution < -0.4 is 15.1 Å². The number of rotatable bonds is 4. The second-order valence-corrected chi connectivity index (χ2v) is 3.93. The van der Waals surface area contributed by atoms with E-state index in [0.717, 1.165) is 11.4 Å². The van der Waals surface area contributed by atoms with E-state index in [2.05, 4.69) is 10.2 Å². The van der Waals surface area contributed by atoms with Gasteiger partial charge in [0.2, 0.25) is 0 Å². The lowest BCUT2D eigenvalue weighted by molar-refractivity contribution is 0.265. The van der Waals surface area contributed by atoms with Gasteiger partial charge in [-0.15, -0.1) is 5.10 Å². The minimum atomic E-state index is -0.0378. The molecule has 7 nitrogen and oxygen atoms in total. The van der Waals surface area contributed by atoms with Crippen LogP contribution in [0.2, 0.25) is 0 Å². The molecule has 17 heavy (non-hydrogen) atoms. The average Bonchev–Trinajstić information content (AvgIpc) is 2.89. The zero-order valence-corrected chi connectivity index (χ0v) is 9.42. The molecular weight excluding hydrogens is 243 g/mol. The van der Waals surface area contributed by atoms with Crippen LogP contribution in [0.3, 0.4) is 0 Å². The van der Waals surface area contributed by atoms with Crippen LogP contribution in [0.15, 0.2) is 22.6 Å². The summed E-state index contributed by atoms with van der Waals surface area (Å²) in [6.07, 6.45) is 0. The third kappa shape index (κ3) is 1.81. The molecule has 0 atom stereocenters. The van der Waals surface area contributed by atoms with Gasteiger partial charge < -0.3 is 14.9 Å². The average molecular weight is 250 g/mol. The number of hydrogen-bond acceptors (Lipinski definition) is 6. The Balaban J connectivity index is 1.67. The van der Waals surface area contributed by atoms with E-state index in [1.165, 1.54) is 0 Å². The molecule has 1 aromatic heterocycles. The first kappa shape index (κ1) is 10.0. The standard InChI is InChI=1S/C9H7N4O3P/c10-9-12-11-8(16-9)4-15-5-1-2-6-7(3-5)13(6)17-14/h1-3H,4H2,(H2,10,12). The Morgan fingerprint density at radius 3 is 3.00 bits per heavy atom. The third-order valence-corrected chi connectivity index (χ3v) is 2.87. The largest absolute Gasteiger partial charge is 0.484 e. The summed E-state index contributed by atoms with van der Waals surface area (Å²) in [6.45, 7) is 0.151. The molecule has 0 radical (unpaired) electrons. The maximum Gasteiger partial charge on any atom is 0.312 e. The van der Waals surface area contributed by atoms with Crippen molar-refractivity contribution < 1.29 is 13.7 Å². The van der Waals surface area contributed by atoms with Crippen LogP contribution in [-0.4, -0.2) is 10.2 Å². The Labute approximate surface area is 97.4 Å². The van der Waals surface area contributed by atoms with Crippen LogP contribution in [0.5, 0.6) is 5.75 Å². The molecule has 3 rings (SSSR count). The molecule has 0 saturated carbocycles. The molecular formula is C9H7N4O3P. The lowest BCUT2D eigenvalue weighted by Crippen LogP contribution is -1.94. The Kier molecular flexibility index (Phi) is 2.19. The summed E-state index contributed by atoms with van der Waals surface area (Å²) in [5.74, 6) is 0.956. The first-order chi connectivity index (χ1) is 8.28. The second-order valence-electron chi connectivity index (χ2n) is 3.37. The highest BCUT2D eigenvalue weighted by atomic mass is 31.1. The van der Waals surface area contributed by atoms with Gasteiger partial charge in [-0.2, -0.15) is 0 Å². The number of hydrogen-bond donors (Lipinski definition) is 1. The van der Waals surface area contributed by atoms with Crippen molar-refractivity contribution in [3.05, 3.63) is 24.1 Å². The number of aromatic nitrogens is 2. The lowest BCUT2D eigenvalue weighted by atomic mass is 10.3. The van der Waals surface area contributed by atoms with E-state index in [9.17, 15) is 4.57 Å². The fourth-order valence-electron chi connectivity index (χ4n) is 1.46. The Morgan fingerprint density at radius 2 is 2.29 bits per heavy atom. The molecule has 0 unspecified atom stereocenters. The van der Waals surface area contributed by atoms with Crippen molar-refractivity contribution in [2.75, 3.05) is 10.4 Å². The number of nitrogens with two attached hydrogens (primary N) is 1. The predicted molar refractivity (Wildman–Crippen MR) is 59.2 cm³/mol. The molecule has 0 saturated heterocycles. The van der Waals surface area contributed by atoms with Crippen LogP contribution >= 0.6 is 8.61 Å². The van der Waals surface area contributed by atoms with Crippen molar-refractivity contribution in [2.24, 2.45) is 0 Å². The molecule has 0 spiro atoms. The van der Waals surface area contributed by atoms with Gasteiger partial charge in [0.25, 0.3) is 14.5 Å². The zero-order valence-electron chi connectivity index (χ0n) is 8.53. The number of anilines is 3. The highest BCUT2D eigenvalue weighted by Crippen LogP contribution is 2.53. The summed E-state index contributed by atoms with van der Waals surface area (Å²) in [7, 11) is -0.0378. The van der Waals surface area contributed by atoms with Gasteiger partial charge in [0, 0.05) is 6.07 Å². The van der Waals surface area contributed by atoms with E-state index in [4.69, 9.17) is 14.9 Å². The maximum atomic E-state index is 10.7. The Morgan fingerprint density at radius 1 is 1.41 bits per heavy atom. The molecule has 8 heteroatoms. The fraction of sp³-hybridized carbons (Fsp3) is 0.111. The number of nitrogen functional groups attached to an aromatic ring is 1. The van der Waals surface area contributed by atoms with Crippen LogP contribution in [0.4, 0.5) is 17.4 Å². The highest BCUT2D eigenvalue weighted by Gasteiger charge is 2.29. The van der Waals surface area contributed by atoms with Crippen molar-refractivity contribution in [3.63, 3.8) is 0 Å². The lowest BCUT2D eigenvalue weighted by Gasteiger charge is -2.00. The number of ether oxygens (including phenoxy) is 1. The number of nitrogens with zero attached hydrogens (tertiary/aromatic N) is 3. The minimum absolute atomic E-state index is 0.0142. The summed E-state index contributed by atoms with van der Waals surface area (Å²) in [6, 6.07) is 5.42. The molecule has 0 aliphatic carbocycles. The molecule has 0 bridgehead atoms. The summed E-state index contributed by atoms with van der Waals surface area (Å²) < 4.78 is 22.7. The van der Waals surface area contributed by atoms with Crippen molar-refractivity contribution in [3.8, 4) is 5.75 Å². The highest BCUT2D eigenvalue weighted by molar-refractivity contribution is 7.28. The van der Waals surface area contributed by atoms with Crippen LogP contribution in [0, 0.1) is 0 Å². The molecule has 0 amide bonds. The topological polar surface area (TPSA) is 94.3 Å². The normalized spacial score (nSPS) is 12.6. The van der Waals surface area contributed by atoms with Crippen LogP contribution in [0.25, 0.3) is 0 Å². The van der Waals surface area contributed by atoms with Crippen molar-refractivity contribution in [1.29, 1.82) is 0 Å². The third-order valence-electron chi connectivity index (χ3n) is 2.28. The number of benzene rings is 1. The van der Waals surface area contributed by atoms with Crippen LogP contribution in [-0.2, 0) is 11.2 Å². The van der Waals surface area contributed by atoms with Gasteiger partial charge in [-0.1, -0.05) is 5.10 Å². The van der Waals surface area contributed by atoms with Gasteiger partial charge >= 0.3 is 6.01 Å². The van der Waals surface area contributed by atoms with E-state index in [-0.39, 0.29) is 21.2 Å². The second kappa shape index (κ2) is 3.71. The van der Waals surface area contributed by atoms with Crippen molar-refractivity contribution in [2.45, 2.75) is 6.61 Å². The maximum absolute atomic E-state index is 10.7.